The van der Waals surface area contributed by atoms with Gasteiger partial charge < -0.3 is 10.6 Å². The van der Waals surface area contributed by atoms with E-state index in [1.54, 1.807) is 0 Å². The minimum Gasteiger partial charge on any atom is -0.381 e. The van der Waals surface area contributed by atoms with Crippen LogP contribution in [0.25, 0.3) is 0 Å². The van der Waals surface area contributed by atoms with Crippen LogP contribution in [0.2, 0.25) is 0 Å². The monoisotopic (exact) mass is 245 g/mol. The number of pyridine rings is 1. The first-order valence-electron chi connectivity index (χ1n) is 6.91. The summed E-state index contributed by atoms with van der Waals surface area (Å²) in [5.74, 6) is 0. The predicted octanol–water partition coefficient (Wildman–Crippen LogP) is 2.54. The number of hydrogen-bond donors (Lipinski definition) is 2. The molecule has 1 aromatic rings. The predicted molar refractivity (Wildman–Crippen MR) is 74.9 cm³/mol. The van der Waals surface area contributed by atoms with Crippen LogP contribution in [0.4, 0.5) is 5.69 Å². The molecule has 3 heteroatoms. The summed E-state index contributed by atoms with van der Waals surface area (Å²) in [4.78, 5) is 4.56. The lowest BCUT2D eigenvalue weighted by Crippen LogP contribution is -2.63. The van der Waals surface area contributed by atoms with Gasteiger partial charge in [0.05, 0.1) is 11.9 Å². The Kier molecular flexibility index (Phi) is 2.63. The van der Waals surface area contributed by atoms with E-state index in [9.17, 15) is 0 Å². The van der Waals surface area contributed by atoms with Crippen LogP contribution in [-0.4, -0.2) is 24.1 Å². The molecular formula is C15H23N3. The summed E-state index contributed by atoms with van der Waals surface area (Å²) >= 11 is 0. The smallest absolute Gasteiger partial charge is 0.0529 e. The molecule has 0 unspecified atom stereocenters. The van der Waals surface area contributed by atoms with Crippen molar-refractivity contribution >= 4 is 5.69 Å². The van der Waals surface area contributed by atoms with Crippen molar-refractivity contribution in [2.75, 3.05) is 18.4 Å². The van der Waals surface area contributed by atoms with Gasteiger partial charge >= 0.3 is 0 Å². The Morgan fingerprint density at radius 1 is 1.28 bits per heavy atom. The van der Waals surface area contributed by atoms with Gasteiger partial charge in [-0.1, -0.05) is 20.8 Å². The van der Waals surface area contributed by atoms with Crippen molar-refractivity contribution in [2.45, 2.75) is 45.1 Å². The summed E-state index contributed by atoms with van der Waals surface area (Å²) < 4.78 is 0. The summed E-state index contributed by atoms with van der Waals surface area (Å²) in [6, 6.07) is 4.95. The third-order valence-corrected chi connectivity index (χ3v) is 4.26. The second kappa shape index (κ2) is 3.95. The van der Waals surface area contributed by atoms with E-state index in [1.807, 2.05) is 6.20 Å². The average Bonchev–Trinajstić information content (AvgIpc) is 2.19. The van der Waals surface area contributed by atoms with Crippen LogP contribution in [0.15, 0.2) is 18.3 Å². The van der Waals surface area contributed by atoms with E-state index in [1.165, 1.54) is 25.9 Å². The van der Waals surface area contributed by atoms with E-state index in [4.69, 9.17) is 0 Å². The zero-order chi connectivity index (χ0) is 12.8. The van der Waals surface area contributed by atoms with Crippen molar-refractivity contribution in [3.63, 3.8) is 0 Å². The minimum absolute atomic E-state index is 0.136. The van der Waals surface area contributed by atoms with Crippen molar-refractivity contribution in [3.05, 3.63) is 24.0 Å². The second-order valence-corrected chi connectivity index (χ2v) is 7.04. The molecule has 18 heavy (non-hydrogen) atoms. The first-order valence-corrected chi connectivity index (χ1v) is 6.91. The second-order valence-electron chi connectivity index (χ2n) is 7.04. The van der Waals surface area contributed by atoms with Crippen LogP contribution in [0.1, 0.15) is 39.3 Å². The largest absolute Gasteiger partial charge is 0.381 e. The number of hydrogen-bond acceptors (Lipinski definition) is 3. The number of aromatic nitrogens is 1. The summed E-state index contributed by atoms with van der Waals surface area (Å²) in [6.45, 7) is 9.02. The topological polar surface area (TPSA) is 37.0 Å². The van der Waals surface area contributed by atoms with E-state index in [0.717, 1.165) is 11.4 Å². The Bertz CT molecular complexity index is 418. The molecule has 0 bridgehead atoms. The van der Waals surface area contributed by atoms with Gasteiger partial charge in [0.1, 0.15) is 0 Å². The average molecular weight is 245 g/mol. The van der Waals surface area contributed by atoms with Crippen LogP contribution in [-0.2, 0) is 5.41 Å². The standard InChI is InChI=1S/C15H23N3/c1-14(2,3)13-5-4-11(8-17-13)18-12-6-15(7-12)9-16-10-15/h4-5,8,12,16,18H,6-7,9-10H2,1-3H3. The molecule has 2 heterocycles. The van der Waals surface area contributed by atoms with Gasteiger partial charge in [0, 0.05) is 30.2 Å². The third-order valence-electron chi connectivity index (χ3n) is 4.26. The molecule has 1 aromatic heterocycles. The van der Waals surface area contributed by atoms with Gasteiger partial charge in [0.2, 0.25) is 0 Å². The quantitative estimate of drug-likeness (QED) is 0.841. The fourth-order valence-electron chi connectivity index (χ4n) is 3.01. The summed E-state index contributed by atoms with van der Waals surface area (Å²) in [5, 5.41) is 6.96. The lowest BCUT2D eigenvalue weighted by Gasteiger charge is -2.54. The normalized spacial score (nSPS) is 22.4. The molecule has 3 rings (SSSR count). The number of anilines is 1. The van der Waals surface area contributed by atoms with Gasteiger partial charge in [-0.2, -0.15) is 0 Å². The van der Waals surface area contributed by atoms with Crippen LogP contribution in [0.5, 0.6) is 0 Å². The lowest BCUT2D eigenvalue weighted by molar-refractivity contribution is 0.0470. The first kappa shape index (κ1) is 12.0. The van der Waals surface area contributed by atoms with Gasteiger partial charge in [0.25, 0.3) is 0 Å². The Balaban J connectivity index is 1.57. The highest BCUT2D eigenvalue weighted by atomic mass is 15.0. The molecule has 98 valence electrons. The molecule has 1 aliphatic heterocycles. The molecule has 3 nitrogen and oxygen atoms in total. The summed E-state index contributed by atoms with van der Waals surface area (Å²) in [6.07, 6.45) is 4.59. The Morgan fingerprint density at radius 3 is 2.44 bits per heavy atom. The molecule has 2 fully saturated rings. The summed E-state index contributed by atoms with van der Waals surface area (Å²) in [5.41, 5.74) is 3.09. The van der Waals surface area contributed by atoms with E-state index in [2.05, 4.69) is 48.5 Å². The fraction of sp³-hybridized carbons (Fsp3) is 0.667. The van der Waals surface area contributed by atoms with Crippen LogP contribution in [0, 0.1) is 5.41 Å². The van der Waals surface area contributed by atoms with E-state index < -0.39 is 0 Å². The highest BCUT2D eigenvalue weighted by Gasteiger charge is 2.48. The zero-order valence-corrected chi connectivity index (χ0v) is 11.6. The van der Waals surface area contributed by atoms with Crippen molar-refractivity contribution in [3.8, 4) is 0 Å². The Hall–Kier alpha value is -1.09. The van der Waals surface area contributed by atoms with Crippen LogP contribution in [0.3, 0.4) is 0 Å². The van der Waals surface area contributed by atoms with E-state index >= 15 is 0 Å². The minimum atomic E-state index is 0.136. The van der Waals surface area contributed by atoms with Crippen molar-refractivity contribution in [1.82, 2.24) is 10.3 Å². The number of nitrogens with one attached hydrogen (secondary N) is 2. The molecular weight excluding hydrogens is 222 g/mol. The molecule has 1 aliphatic carbocycles. The maximum atomic E-state index is 4.56. The van der Waals surface area contributed by atoms with Crippen LogP contribution < -0.4 is 10.6 Å². The lowest BCUT2D eigenvalue weighted by atomic mass is 9.61. The highest BCUT2D eigenvalue weighted by Crippen LogP contribution is 2.45. The maximum Gasteiger partial charge on any atom is 0.0529 e. The summed E-state index contributed by atoms with van der Waals surface area (Å²) in [7, 11) is 0. The van der Waals surface area contributed by atoms with Crippen molar-refractivity contribution < 1.29 is 0 Å². The fourth-order valence-corrected chi connectivity index (χ4v) is 3.01. The number of nitrogens with zero attached hydrogens (tertiary/aromatic N) is 1. The molecule has 0 atom stereocenters. The molecule has 0 aromatic carbocycles. The van der Waals surface area contributed by atoms with Gasteiger partial charge in [-0.15, -0.1) is 0 Å². The molecule has 0 radical (unpaired) electrons. The van der Waals surface area contributed by atoms with E-state index in [-0.39, 0.29) is 5.41 Å². The van der Waals surface area contributed by atoms with Gasteiger partial charge in [-0.3, -0.25) is 4.98 Å². The molecule has 1 spiro atoms. The molecule has 1 saturated carbocycles. The zero-order valence-electron chi connectivity index (χ0n) is 11.6. The van der Waals surface area contributed by atoms with Gasteiger partial charge in [0.15, 0.2) is 0 Å². The van der Waals surface area contributed by atoms with Gasteiger partial charge in [-0.05, 0) is 30.4 Å². The number of rotatable bonds is 2. The molecule has 0 amide bonds. The maximum absolute atomic E-state index is 4.56. The Morgan fingerprint density at radius 2 is 2.00 bits per heavy atom. The van der Waals surface area contributed by atoms with Crippen LogP contribution >= 0.6 is 0 Å². The van der Waals surface area contributed by atoms with Gasteiger partial charge in [-0.25, -0.2) is 0 Å². The SMILES string of the molecule is CC(C)(C)c1ccc(NC2CC3(CNC3)C2)cn1. The van der Waals surface area contributed by atoms with E-state index in [0.29, 0.717) is 11.5 Å². The highest BCUT2D eigenvalue weighted by molar-refractivity contribution is 5.43. The van der Waals surface area contributed by atoms with Crippen molar-refractivity contribution in [2.24, 2.45) is 5.41 Å². The molecule has 2 N–H and O–H groups in total. The third kappa shape index (κ3) is 2.12. The first-order chi connectivity index (χ1) is 8.47. The van der Waals surface area contributed by atoms with Crippen molar-refractivity contribution in [1.29, 1.82) is 0 Å². The Labute approximate surface area is 109 Å². The molecule has 2 aliphatic rings. The molecule has 1 saturated heterocycles.